The fourth-order valence-corrected chi connectivity index (χ4v) is 1.67. The fraction of sp³-hybridized carbons (Fsp3) is 0.500. The molecule has 1 aromatic rings. The van der Waals surface area contributed by atoms with Crippen molar-refractivity contribution in [3.05, 3.63) is 35.4 Å². The van der Waals surface area contributed by atoms with E-state index in [1.165, 1.54) is 0 Å². The zero-order chi connectivity index (χ0) is 13.5. The number of aliphatic hydroxyl groups excluding tert-OH is 1. The monoisotopic (exact) mass is 250 g/mol. The maximum atomic E-state index is 11.9. The van der Waals surface area contributed by atoms with Gasteiger partial charge in [0.15, 0.2) is 0 Å². The van der Waals surface area contributed by atoms with Crippen LogP contribution in [0, 0.1) is 0 Å². The standard InChI is InChI=1S/C14H22N2O2/c1-11(17)7-8-15-14(18)13-6-4-5-12(9-13)10-16(2)3/h4-6,9,11,17H,7-8,10H2,1-3H3,(H,15,18). The number of nitrogens with one attached hydrogen (secondary N) is 1. The maximum absolute atomic E-state index is 11.9. The molecule has 1 unspecified atom stereocenters. The van der Waals surface area contributed by atoms with Gasteiger partial charge in [0.05, 0.1) is 6.10 Å². The molecule has 1 aromatic carbocycles. The topological polar surface area (TPSA) is 52.6 Å². The molecule has 4 heteroatoms. The molecular formula is C14H22N2O2. The van der Waals surface area contributed by atoms with Crippen molar-refractivity contribution in [2.45, 2.75) is 26.0 Å². The number of aliphatic hydroxyl groups is 1. The highest BCUT2D eigenvalue weighted by Crippen LogP contribution is 2.07. The second kappa shape index (κ2) is 7.13. The number of hydrogen-bond acceptors (Lipinski definition) is 3. The van der Waals surface area contributed by atoms with Crippen LogP contribution in [0.25, 0.3) is 0 Å². The molecule has 100 valence electrons. The van der Waals surface area contributed by atoms with Crippen LogP contribution in [0.1, 0.15) is 29.3 Å². The van der Waals surface area contributed by atoms with E-state index in [2.05, 4.69) is 10.2 Å². The van der Waals surface area contributed by atoms with Gasteiger partial charge in [0, 0.05) is 18.7 Å². The Labute approximate surface area is 109 Å². The quantitative estimate of drug-likeness (QED) is 0.799. The molecule has 0 saturated carbocycles. The van der Waals surface area contributed by atoms with Crippen LogP contribution in [0.5, 0.6) is 0 Å². The van der Waals surface area contributed by atoms with Crippen molar-refractivity contribution < 1.29 is 9.90 Å². The molecule has 2 N–H and O–H groups in total. The zero-order valence-electron chi connectivity index (χ0n) is 11.3. The van der Waals surface area contributed by atoms with Gasteiger partial charge in [-0.15, -0.1) is 0 Å². The molecule has 1 atom stereocenters. The van der Waals surface area contributed by atoms with Gasteiger partial charge in [-0.2, -0.15) is 0 Å². The van der Waals surface area contributed by atoms with Crippen LogP contribution < -0.4 is 5.32 Å². The average Bonchev–Trinajstić information content (AvgIpc) is 2.27. The molecule has 0 aliphatic heterocycles. The molecule has 1 rings (SSSR count). The Kier molecular flexibility index (Phi) is 5.82. The minimum atomic E-state index is -0.384. The van der Waals surface area contributed by atoms with Crippen LogP contribution in [-0.2, 0) is 6.54 Å². The van der Waals surface area contributed by atoms with Crippen molar-refractivity contribution in [3.8, 4) is 0 Å². The molecule has 0 radical (unpaired) electrons. The highest BCUT2D eigenvalue weighted by Gasteiger charge is 2.06. The van der Waals surface area contributed by atoms with E-state index in [-0.39, 0.29) is 12.0 Å². The first-order valence-electron chi connectivity index (χ1n) is 6.19. The van der Waals surface area contributed by atoms with Crippen LogP contribution in [0.2, 0.25) is 0 Å². The Morgan fingerprint density at radius 1 is 1.44 bits per heavy atom. The number of carbonyl (C=O) groups excluding carboxylic acids is 1. The number of nitrogens with zero attached hydrogens (tertiary/aromatic N) is 1. The predicted octanol–water partition coefficient (Wildman–Crippen LogP) is 1.25. The summed E-state index contributed by atoms with van der Waals surface area (Å²) in [6, 6.07) is 7.60. The van der Waals surface area contributed by atoms with E-state index in [0.29, 0.717) is 18.5 Å². The number of benzene rings is 1. The average molecular weight is 250 g/mol. The van der Waals surface area contributed by atoms with Crippen molar-refractivity contribution in [2.24, 2.45) is 0 Å². The predicted molar refractivity (Wildman–Crippen MR) is 72.5 cm³/mol. The summed E-state index contributed by atoms with van der Waals surface area (Å²) in [5.41, 5.74) is 1.78. The molecule has 0 aliphatic carbocycles. The Balaban J connectivity index is 2.57. The molecule has 18 heavy (non-hydrogen) atoms. The molecule has 0 saturated heterocycles. The normalized spacial score (nSPS) is 12.5. The second-order valence-electron chi connectivity index (χ2n) is 4.83. The Morgan fingerprint density at radius 2 is 2.17 bits per heavy atom. The van der Waals surface area contributed by atoms with E-state index in [1.807, 2.05) is 32.3 Å². The van der Waals surface area contributed by atoms with E-state index in [9.17, 15) is 4.79 Å². The minimum Gasteiger partial charge on any atom is -0.393 e. The Hall–Kier alpha value is -1.39. The third-order valence-corrected chi connectivity index (χ3v) is 2.54. The van der Waals surface area contributed by atoms with Gasteiger partial charge in [-0.25, -0.2) is 0 Å². The van der Waals surface area contributed by atoms with Gasteiger partial charge in [-0.1, -0.05) is 12.1 Å². The lowest BCUT2D eigenvalue weighted by atomic mass is 10.1. The SMILES string of the molecule is CC(O)CCNC(=O)c1cccc(CN(C)C)c1. The van der Waals surface area contributed by atoms with Gasteiger partial charge in [0.25, 0.3) is 5.91 Å². The smallest absolute Gasteiger partial charge is 0.251 e. The summed E-state index contributed by atoms with van der Waals surface area (Å²) in [4.78, 5) is 13.9. The third-order valence-electron chi connectivity index (χ3n) is 2.54. The summed E-state index contributed by atoms with van der Waals surface area (Å²) < 4.78 is 0. The van der Waals surface area contributed by atoms with E-state index in [4.69, 9.17) is 5.11 Å². The lowest BCUT2D eigenvalue weighted by molar-refractivity contribution is 0.0945. The first-order valence-corrected chi connectivity index (χ1v) is 6.19. The van der Waals surface area contributed by atoms with Crippen LogP contribution >= 0.6 is 0 Å². The molecule has 1 amide bonds. The van der Waals surface area contributed by atoms with Crippen molar-refractivity contribution in [2.75, 3.05) is 20.6 Å². The van der Waals surface area contributed by atoms with Gasteiger partial charge in [-0.05, 0) is 45.1 Å². The maximum Gasteiger partial charge on any atom is 0.251 e. The lowest BCUT2D eigenvalue weighted by Gasteiger charge is -2.11. The molecule has 0 fully saturated rings. The third kappa shape index (κ3) is 5.29. The van der Waals surface area contributed by atoms with E-state index < -0.39 is 0 Å². The Bertz CT molecular complexity index is 389. The van der Waals surface area contributed by atoms with E-state index in [1.54, 1.807) is 13.0 Å². The summed E-state index contributed by atoms with van der Waals surface area (Å²) in [7, 11) is 3.99. The first-order chi connectivity index (χ1) is 8.49. The van der Waals surface area contributed by atoms with Gasteiger partial charge in [0.1, 0.15) is 0 Å². The molecule has 0 aliphatic rings. The van der Waals surface area contributed by atoms with Crippen molar-refractivity contribution in [1.82, 2.24) is 10.2 Å². The van der Waals surface area contributed by atoms with Crippen LogP contribution in [0.4, 0.5) is 0 Å². The highest BCUT2D eigenvalue weighted by molar-refractivity contribution is 5.94. The molecule has 0 bridgehead atoms. The summed E-state index contributed by atoms with van der Waals surface area (Å²) in [5.74, 6) is -0.0868. The zero-order valence-corrected chi connectivity index (χ0v) is 11.3. The van der Waals surface area contributed by atoms with Gasteiger partial charge in [-0.3, -0.25) is 4.79 Å². The minimum absolute atomic E-state index is 0.0868. The fourth-order valence-electron chi connectivity index (χ4n) is 1.67. The lowest BCUT2D eigenvalue weighted by Crippen LogP contribution is -2.26. The molecule has 0 heterocycles. The van der Waals surface area contributed by atoms with E-state index in [0.717, 1.165) is 12.1 Å². The molecular weight excluding hydrogens is 228 g/mol. The second-order valence-corrected chi connectivity index (χ2v) is 4.83. The molecule has 0 spiro atoms. The first kappa shape index (κ1) is 14.7. The largest absolute Gasteiger partial charge is 0.393 e. The summed E-state index contributed by atoms with van der Waals surface area (Å²) in [6.45, 7) is 3.02. The number of carbonyl (C=O) groups is 1. The Morgan fingerprint density at radius 3 is 2.78 bits per heavy atom. The summed E-state index contributed by atoms with van der Waals surface area (Å²) in [5, 5.41) is 11.9. The molecule has 0 aromatic heterocycles. The summed E-state index contributed by atoms with van der Waals surface area (Å²) >= 11 is 0. The number of hydrogen-bond donors (Lipinski definition) is 2. The van der Waals surface area contributed by atoms with Crippen LogP contribution in [0.15, 0.2) is 24.3 Å². The number of amides is 1. The molecule has 4 nitrogen and oxygen atoms in total. The van der Waals surface area contributed by atoms with Crippen LogP contribution in [-0.4, -0.2) is 42.7 Å². The number of rotatable bonds is 6. The van der Waals surface area contributed by atoms with Gasteiger partial charge < -0.3 is 15.3 Å². The summed E-state index contributed by atoms with van der Waals surface area (Å²) in [6.07, 6.45) is 0.189. The van der Waals surface area contributed by atoms with Crippen LogP contribution in [0.3, 0.4) is 0 Å². The highest BCUT2D eigenvalue weighted by atomic mass is 16.3. The van der Waals surface area contributed by atoms with Gasteiger partial charge >= 0.3 is 0 Å². The van der Waals surface area contributed by atoms with Crippen molar-refractivity contribution >= 4 is 5.91 Å². The van der Waals surface area contributed by atoms with Gasteiger partial charge in [0.2, 0.25) is 0 Å². The van der Waals surface area contributed by atoms with E-state index >= 15 is 0 Å². The van der Waals surface area contributed by atoms with Crippen molar-refractivity contribution in [3.63, 3.8) is 0 Å². The van der Waals surface area contributed by atoms with Crippen molar-refractivity contribution in [1.29, 1.82) is 0 Å².